The maximum Gasteiger partial charge on any atom is 0.266 e. The molecule has 1 aliphatic rings. The lowest BCUT2D eigenvalue weighted by Gasteiger charge is -2.22. The Kier molecular flexibility index (Phi) is 5.25. The first-order valence-electron chi connectivity index (χ1n) is 10.1. The van der Waals surface area contributed by atoms with Gasteiger partial charge in [0.15, 0.2) is 5.82 Å². The molecule has 4 rings (SSSR count). The zero-order valence-electron chi connectivity index (χ0n) is 18.1. The van der Waals surface area contributed by atoms with Crippen molar-refractivity contribution < 1.29 is 23.6 Å². The molecule has 2 heterocycles. The number of anilines is 1. The molecule has 1 N–H and O–H groups in total. The smallest absolute Gasteiger partial charge is 0.266 e. The third-order valence-corrected chi connectivity index (χ3v) is 5.07. The summed E-state index contributed by atoms with van der Waals surface area (Å²) < 4.78 is 10.4. The number of ether oxygens (including phenoxy) is 1. The highest BCUT2D eigenvalue weighted by Crippen LogP contribution is 2.30. The standard InChI is InChI=1S/C23H22N4O5/c1-5-31-16-9-7-15(8-10-16)27-20(29)17-11-6-14(12-18(17)21(27)30)19(28)25-23(3,4)22-24-13(2)32-26-22/h6-12H,5H2,1-4H3,(H,25,28). The molecule has 1 aliphatic heterocycles. The number of rotatable bonds is 6. The third-order valence-electron chi connectivity index (χ3n) is 5.07. The number of amides is 3. The topological polar surface area (TPSA) is 115 Å². The average Bonchev–Trinajstić information content (AvgIpc) is 3.31. The summed E-state index contributed by atoms with van der Waals surface area (Å²) in [6, 6.07) is 11.1. The maximum absolute atomic E-state index is 13.0. The summed E-state index contributed by atoms with van der Waals surface area (Å²) in [5.74, 6) is 0.00242. The quantitative estimate of drug-likeness (QED) is 0.592. The van der Waals surface area contributed by atoms with E-state index in [1.807, 2.05) is 6.92 Å². The minimum Gasteiger partial charge on any atom is -0.494 e. The molecule has 0 saturated carbocycles. The van der Waals surface area contributed by atoms with Crippen LogP contribution in [0.15, 0.2) is 47.0 Å². The third kappa shape index (κ3) is 3.73. The Morgan fingerprint density at radius 3 is 2.41 bits per heavy atom. The Morgan fingerprint density at radius 2 is 1.78 bits per heavy atom. The zero-order chi connectivity index (χ0) is 23.0. The first-order chi connectivity index (χ1) is 15.2. The molecular weight excluding hydrogens is 412 g/mol. The van der Waals surface area contributed by atoms with E-state index in [9.17, 15) is 14.4 Å². The van der Waals surface area contributed by atoms with E-state index in [0.717, 1.165) is 4.90 Å². The van der Waals surface area contributed by atoms with Gasteiger partial charge in [-0.25, -0.2) is 4.90 Å². The Labute approximate surface area is 184 Å². The second-order valence-electron chi connectivity index (χ2n) is 7.85. The van der Waals surface area contributed by atoms with Crippen molar-refractivity contribution in [1.29, 1.82) is 0 Å². The van der Waals surface area contributed by atoms with Crippen molar-refractivity contribution in [1.82, 2.24) is 15.5 Å². The number of carbonyl (C=O) groups excluding carboxylic acids is 3. The van der Waals surface area contributed by atoms with E-state index in [1.165, 1.54) is 18.2 Å². The number of fused-ring (bicyclic) bond motifs is 1. The van der Waals surface area contributed by atoms with Crippen molar-refractivity contribution in [3.05, 3.63) is 70.9 Å². The molecule has 3 aromatic rings. The molecule has 2 aromatic carbocycles. The Morgan fingerprint density at radius 1 is 1.09 bits per heavy atom. The molecule has 0 saturated heterocycles. The zero-order valence-corrected chi connectivity index (χ0v) is 18.1. The fraction of sp³-hybridized carbons (Fsp3) is 0.261. The summed E-state index contributed by atoms with van der Waals surface area (Å²) in [5.41, 5.74) is 0.186. The number of nitrogens with one attached hydrogen (secondary N) is 1. The first kappa shape index (κ1) is 21.2. The van der Waals surface area contributed by atoms with Crippen molar-refractivity contribution >= 4 is 23.4 Å². The van der Waals surface area contributed by atoms with E-state index in [1.54, 1.807) is 45.0 Å². The molecule has 164 valence electrons. The molecule has 0 spiro atoms. The fourth-order valence-electron chi connectivity index (χ4n) is 3.44. The summed E-state index contributed by atoms with van der Waals surface area (Å²) in [6.07, 6.45) is 0. The van der Waals surface area contributed by atoms with Crippen molar-refractivity contribution in [3.63, 3.8) is 0 Å². The van der Waals surface area contributed by atoms with E-state index in [4.69, 9.17) is 9.26 Å². The van der Waals surface area contributed by atoms with Gasteiger partial charge in [-0.3, -0.25) is 14.4 Å². The molecular formula is C23H22N4O5. The van der Waals surface area contributed by atoms with Crippen LogP contribution in [0.2, 0.25) is 0 Å². The van der Waals surface area contributed by atoms with E-state index < -0.39 is 23.3 Å². The van der Waals surface area contributed by atoms with Crippen molar-refractivity contribution in [2.75, 3.05) is 11.5 Å². The first-order valence-corrected chi connectivity index (χ1v) is 10.1. The number of benzene rings is 2. The van der Waals surface area contributed by atoms with Crippen LogP contribution >= 0.6 is 0 Å². The molecule has 0 unspecified atom stereocenters. The number of aryl methyl sites for hydroxylation is 1. The second-order valence-corrected chi connectivity index (χ2v) is 7.85. The van der Waals surface area contributed by atoms with Crippen LogP contribution in [0.3, 0.4) is 0 Å². The molecule has 9 heteroatoms. The lowest BCUT2D eigenvalue weighted by Crippen LogP contribution is -2.42. The minimum absolute atomic E-state index is 0.171. The Balaban J connectivity index is 1.58. The molecule has 0 radical (unpaired) electrons. The lowest BCUT2D eigenvalue weighted by molar-refractivity contribution is 0.0903. The molecule has 0 bridgehead atoms. The number of nitrogens with zero attached hydrogens (tertiary/aromatic N) is 3. The number of hydrogen-bond donors (Lipinski definition) is 1. The molecule has 9 nitrogen and oxygen atoms in total. The van der Waals surface area contributed by atoms with Gasteiger partial charge in [0.05, 0.1) is 29.0 Å². The highest BCUT2D eigenvalue weighted by molar-refractivity contribution is 6.34. The second kappa shape index (κ2) is 7.92. The van der Waals surface area contributed by atoms with Gasteiger partial charge in [0, 0.05) is 12.5 Å². The maximum atomic E-state index is 13.0. The van der Waals surface area contributed by atoms with Crippen LogP contribution in [0.4, 0.5) is 5.69 Å². The van der Waals surface area contributed by atoms with Gasteiger partial charge in [-0.1, -0.05) is 5.16 Å². The van der Waals surface area contributed by atoms with Crippen LogP contribution in [0.1, 0.15) is 63.6 Å². The van der Waals surface area contributed by atoms with Gasteiger partial charge in [-0.2, -0.15) is 4.98 Å². The van der Waals surface area contributed by atoms with Crippen molar-refractivity contribution in [2.45, 2.75) is 33.2 Å². The number of aromatic nitrogens is 2. The van der Waals surface area contributed by atoms with Crippen LogP contribution in [0.25, 0.3) is 0 Å². The van der Waals surface area contributed by atoms with Gasteiger partial charge >= 0.3 is 0 Å². The Bertz CT molecular complexity index is 1210. The molecule has 3 amide bonds. The SMILES string of the molecule is CCOc1ccc(N2C(=O)c3ccc(C(=O)NC(C)(C)c4noc(C)n4)cc3C2=O)cc1. The molecule has 0 fully saturated rings. The number of imide groups is 1. The average molecular weight is 434 g/mol. The van der Waals surface area contributed by atoms with Crippen LogP contribution in [0, 0.1) is 6.92 Å². The van der Waals surface area contributed by atoms with Gasteiger partial charge < -0.3 is 14.6 Å². The Hall–Kier alpha value is -4.01. The monoisotopic (exact) mass is 434 g/mol. The molecule has 32 heavy (non-hydrogen) atoms. The van der Waals surface area contributed by atoms with Crippen LogP contribution in [-0.4, -0.2) is 34.5 Å². The van der Waals surface area contributed by atoms with Crippen molar-refractivity contribution in [3.8, 4) is 5.75 Å². The van der Waals surface area contributed by atoms with Gasteiger partial charge in [-0.15, -0.1) is 0 Å². The predicted molar refractivity (Wildman–Crippen MR) is 115 cm³/mol. The van der Waals surface area contributed by atoms with Crippen LogP contribution in [0.5, 0.6) is 5.75 Å². The van der Waals surface area contributed by atoms with Crippen LogP contribution in [-0.2, 0) is 5.54 Å². The van der Waals surface area contributed by atoms with E-state index in [-0.39, 0.29) is 16.7 Å². The van der Waals surface area contributed by atoms with Crippen molar-refractivity contribution in [2.24, 2.45) is 0 Å². The molecule has 0 atom stereocenters. The summed E-state index contributed by atoms with van der Waals surface area (Å²) in [5, 5.41) is 6.69. The van der Waals surface area contributed by atoms with Gasteiger partial charge in [0.1, 0.15) is 5.75 Å². The molecule has 1 aromatic heterocycles. The summed E-state index contributed by atoms with van der Waals surface area (Å²) in [6.45, 7) is 7.53. The fourth-order valence-corrected chi connectivity index (χ4v) is 3.44. The highest BCUT2D eigenvalue weighted by Gasteiger charge is 2.37. The van der Waals surface area contributed by atoms with E-state index in [2.05, 4.69) is 15.5 Å². The van der Waals surface area contributed by atoms with Gasteiger partial charge in [0.25, 0.3) is 17.7 Å². The highest BCUT2D eigenvalue weighted by atomic mass is 16.5. The largest absolute Gasteiger partial charge is 0.494 e. The summed E-state index contributed by atoms with van der Waals surface area (Å²) >= 11 is 0. The van der Waals surface area contributed by atoms with E-state index >= 15 is 0 Å². The van der Waals surface area contributed by atoms with Gasteiger partial charge in [-0.05, 0) is 63.2 Å². The summed E-state index contributed by atoms with van der Waals surface area (Å²) in [4.78, 5) is 44.0. The lowest BCUT2D eigenvalue weighted by atomic mass is 10.0. The summed E-state index contributed by atoms with van der Waals surface area (Å²) in [7, 11) is 0. The normalized spacial score (nSPS) is 13.3. The van der Waals surface area contributed by atoms with Crippen LogP contribution < -0.4 is 15.0 Å². The predicted octanol–water partition coefficient (Wildman–Crippen LogP) is 3.24. The number of hydrogen-bond acceptors (Lipinski definition) is 7. The van der Waals surface area contributed by atoms with Gasteiger partial charge in [0.2, 0.25) is 5.89 Å². The molecule has 0 aliphatic carbocycles. The van der Waals surface area contributed by atoms with E-state index in [0.29, 0.717) is 29.8 Å². The minimum atomic E-state index is -0.901. The number of carbonyl (C=O) groups is 3.